The number of benzene rings is 1. The number of carbonyl (C=O) groups excluding carboxylic acids is 2. The highest BCUT2D eigenvalue weighted by Gasteiger charge is 2.13. The minimum absolute atomic E-state index is 0.137. The van der Waals surface area contributed by atoms with E-state index in [1.54, 1.807) is 19.1 Å². The Morgan fingerprint density at radius 3 is 2.65 bits per heavy atom. The van der Waals surface area contributed by atoms with Crippen molar-refractivity contribution in [2.24, 2.45) is 10.9 Å². The molecule has 1 aromatic carbocycles. The van der Waals surface area contributed by atoms with Gasteiger partial charge in [-0.05, 0) is 38.0 Å². The number of thiazole rings is 1. The first-order valence-corrected chi connectivity index (χ1v) is 9.73. The number of hydrogen-bond acceptors (Lipinski definition) is 5. The third-order valence-electron chi connectivity index (χ3n) is 3.66. The SMILES string of the molecule is CCOCCn1c(=NC(=O)CC(C)C)sc2cc(C(=O)OCC)ccc21. The number of ether oxygens (including phenoxy) is 2. The molecule has 0 saturated carbocycles. The van der Waals surface area contributed by atoms with Crippen LogP contribution in [0.1, 0.15) is 44.5 Å². The molecule has 2 rings (SSSR count). The van der Waals surface area contributed by atoms with E-state index < -0.39 is 0 Å². The third-order valence-corrected chi connectivity index (χ3v) is 4.70. The molecule has 0 bridgehead atoms. The van der Waals surface area contributed by atoms with Crippen LogP contribution in [0.25, 0.3) is 10.2 Å². The summed E-state index contributed by atoms with van der Waals surface area (Å²) in [5.41, 5.74) is 1.43. The van der Waals surface area contributed by atoms with Gasteiger partial charge in [-0.15, -0.1) is 0 Å². The summed E-state index contributed by atoms with van der Waals surface area (Å²) in [6, 6.07) is 5.40. The molecule has 0 saturated heterocycles. The molecule has 1 aromatic heterocycles. The summed E-state index contributed by atoms with van der Waals surface area (Å²) in [5, 5.41) is 0. The summed E-state index contributed by atoms with van der Waals surface area (Å²) in [6.45, 7) is 9.81. The van der Waals surface area contributed by atoms with Crippen LogP contribution in [0.3, 0.4) is 0 Å². The van der Waals surface area contributed by atoms with E-state index in [0.29, 0.717) is 43.2 Å². The molecule has 0 aliphatic rings. The van der Waals surface area contributed by atoms with Crippen LogP contribution in [0.4, 0.5) is 0 Å². The number of esters is 1. The number of aromatic nitrogens is 1. The summed E-state index contributed by atoms with van der Waals surface area (Å²) in [5.74, 6) is -0.228. The van der Waals surface area contributed by atoms with E-state index in [0.717, 1.165) is 10.2 Å². The lowest BCUT2D eigenvalue weighted by Gasteiger charge is -2.06. The van der Waals surface area contributed by atoms with E-state index in [1.165, 1.54) is 11.3 Å². The normalized spacial score (nSPS) is 12.1. The van der Waals surface area contributed by atoms with E-state index in [-0.39, 0.29) is 17.8 Å². The first kappa shape index (κ1) is 20.3. The van der Waals surface area contributed by atoms with E-state index in [4.69, 9.17) is 9.47 Å². The maximum atomic E-state index is 12.2. The fraction of sp³-hybridized carbons (Fsp3) is 0.526. The minimum Gasteiger partial charge on any atom is -0.462 e. The van der Waals surface area contributed by atoms with Gasteiger partial charge in [0.15, 0.2) is 4.80 Å². The molecule has 2 aromatic rings. The van der Waals surface area contributed by atoms with E-state index >= 15 is 0 Å². The molecule has 1 heterocycles. The van der Waals surface area contributed by atoms with Gasteiger partial charge in [-0.2, -0.15) is 4.99 Å². The zero-order valence-electron chi connectivity index (χ0n) is 15.8. The Labute approximate surface area is 157 Å². The summed E-state index contributed by atoms with van der Waals surface area (Å²) in [7, 11) is 0. The second-order valence-corrected chi connectivity index (χ2v) is 7.25. The van der Waals surface area contributed by atoms with Crippen molar-refractivity contribution < 1.29 is 19.1 Å². The van der Waals surface area contributed by atoms with Gasteiger partial charge in [0, 0.05) is 19.6 Å². The highest BCUT2D eigenvalue weighted by molar-refractivity contribution is 7.16. The summed E-state index contributed by atoms with van der Waals surface area (Å²) >= 11 is 1.40. The largest absolute Gasteiger partial charge is 0.462 e. The molecular weight excluding hydrogens is 352 g/mol. The Hall–Kier alpha value is -1.99. The highest BCUT2D eigenvalue weighted by Crippen LogP contribution is 2.20. The average Bonchev–Trinajstić information content (AvgIpc) is 2.91. The monoisotopic (exact) mass is 378 g/mol. The molecule has 142 valence electrons. The molecule has 1 amide bonds. The van der Waals surface area contributed by atoms with Gasteiger partial charge in [0.1, 0.15) is 0 Å². The Morgan fingerprint density at radius 2 is 2.00 bits per heavy atom. The van der Waals surface area contributed by atoms with Gasteiger partial charge in [-0.1, -0.05) is 25.2 Å². The molecule has 0 N–H and O–H groups in total. The number of rotatable bonds is 8. The lowest BCUT2D eigenvalue weighted by Crippen LogP contribution is -2.20. The van der Waals surface area contributed by atoms with E-state index in [2.05, 4.69) is 4.99 Å². The number of amides is 1. The van der Waals surface area contributed by atoms with Crippen LogP contribution in [-0.2, 0) is 20.8 Å². The standard InChI is InChI=1S/C19H26N2O4S/c1-5-24-10-9-21-15-8-7-14(18(23)25-6-2)12-16(15)26-19(21)20-17(22)11-13(3)4/h7-8,12-13H,5-6,9-11H2,1-4H3. The van der Waals surface area contributed by atoms with Gasteiger partial charge in [0.2, 0.25) is 5.91 Å². The third kappa shape index (κ3) is 5.25. The Morgan fingerprint density at radius 1 is 1.23 bits per heavy atom. The molecule has 0 unspecified atom stereocenters. The maximum Gasteiger partial charge on any atom is 0.338 e. The maximum absolute atomic E-state index is 12.2. The Kier molecular flexibility index (Phi) is 7.53. The predicted octanol–water partition coefficient (Wildman–Crippen LogP) is 3.39. The number of carbonyl (C=O) groups is 2. The smallest absolute Gasteiger partial charge is 0.338 e. The van der Waals surface area contributed by atoms with Crippen LogP contribution < -0.4 is 4.80 Å². The van der Waals surface area contributed by atoms with Crippen molar-refractivity contribution in [2.45, 2.75) is 40.7 Å². The van der Waals surface area contributed by atoms with Crippen LogP contribution in [0.15, 0.2) is 23.2 Å². The van der Waals surface area contributed by atoms with Gasteiger partial charge < -0.3 is 14.0 Å². The summed E-state index contributed by atoms with van der Waals surface area (Å²) < 4.78 is 13.4. The van der Waals surface area contributed by atoms with Crippen molar-refractivity contribution in [3.63, 3.8) is 0 Å². The van der Waals surface area contributed by atoms with Crippen LogP contribution in [0.2, 0.25) is 0 Å². The number of hydrogen-bond donors (Lipinski definition) is 0. The average molecular weight is 378 g/mol. The van der Waals surface area contributed by atoms with Gasteiger partial charge in [-0.25, -0.2) is 4.79 Å². The van der Waals surface area contributed by atoms with Crippen LogP contribution in [0, 0.1) is 5.92 Å². The molecule has 26 heavy (non-hydrogen) atoms. The molecule has 0 atom stereocenters. The Balaban J connectivity index is 2.47. The highest BCUT2D eigenvalue weighted by atomic mass is 32.1. The quantitative estimate of drug-likeness (QED) is 0.521. The molecule has 0 spiro atoms. The van der Waals surface area contributed by atoms with Crippen molar-refractivity contribution >= 4 is 33.4 Å². The minimum atomic E-state index is -0.349. The van der Waals surface area contributed by atoms with Crippen LogP contribution in [0.5, 0.6) is 0 Å². The fourth-order valence-corrected chi connectivity index (χ4v) is 3.63. The second kappa shape index (κ2) is 9.64. The zero-order chi connectivity index (χ0) is 19.1. The van der Waals surface area contributed by atoms with Crippen molar-refractivity contribution in [1.82, 2.24) is 4.57 Å². The van der Waals surface area contributed by atoms with Crippen LogP contribution >= 0.6 is 11.3 Å². The lowest BCUT2D eigenvalue weighted by molar-refractivity contribution is -0.118. The topological polar surface area (TPSA) is 69.9 Å². The molecule has 6 nitrogen and oxygen atoms in total. The van der Waals surface area contributed by atoms with Gasteiger partial charge in [0.25, 0.3) is 0 Å². The molecule has 7 heteroatoms. The zero-order valence-corrected chi connectivity index (χ0v) is 16.6. The van der Waals surface area contributed by atoms with Crippen molar-refractivity contribution in [1.29, 1.82) is 0 Å². The molecular formula is C19H26N2O4S. The van der Waals surface area contributed by atoms with Crippen molar-refractivity contribution in [3.8, 4) is 0 Å². The first-order valence-electron chi connectivity index (χ1n) is 8.92. The molecule has 0 fully saturated rings. The van der Waals surface area contributed by atoms with Crippen molar-refractivity contribution in [2.75, 3.05) is 19.8 Å². The summed E-state index contributed by atoms with van der Waals surface area (Å²) in [4.78, 5) is 29.1. The lowest BCUT2D eigenvalue weighted by atomic mass is 10.1. The summed E-state index contributed by atoms with van der Waals surface area (Å²) in [6.07, 6.45) is 0.410. The van der Waals surface area contributed by atoms with E-state index in [9.17, 15) is 9.59 Å². The van der Waals surface area contributed by atoms with Gasteiger partial charge in [-0.3, -0.25) is 4.79 Å². The Bertz CT molecular complexity index is 836. The second-order valence-electron chi connectivity index (χ2n) is 6.24. The molecule has 0 radical (unpaired) electrons. The fourth-order valence-electron chi connectivity index (χ4n) is 2.52. The van der Waals surface area contributed by atoms with Crippen LogP contribution in [-0.4, -0.2) is 36.3 Å². The number of nitrogens with zero attached hydrogens (tertiary/aromatic N) is 2. The van der Waals surface area contributed by atoms with Crippen molar-refractivity contribution in [3.05, 3.63) is 28.6 Å². The van der Waals surface area contributed by atoms with Gasteiger partial charge >= 0.3 is 5.97 Å². The van der Waals surface area contributed by atoms with Gasteiger partial charge in [0.05, 0.1) is 29.0 Å². The molecule has 0 aliphatic heterocycles. The predicted molar refractivity (Wildman–Crippen MR) is 102 cm³/mol. The first-order chi connectivity index (χ1) is 12.5. The molecule has 0 aliphatic carbocycles. The van der Waals surface area contributed by atoms with E-state index in [1.807, 2.05) is 31.4 Å². The number of fused-ring (bicyclic) bond motifs is 1.